The monoisotopic (exact) mass is 564 g/mol. The second-order valence-corrected chi connectivity index (χ2v) is 10.6. The number of nitrogens with zero attached hydrogens (tertiary/aromatic N) is 1. The van der Waals surface area contributed by atoms with E-state index in [0.29, 0.717) is 23.3 Å². The normalized spacial score (nSPS) is 13.0. The van der Waals surface area contributed by atoms with Crippen molar-refractivity contribution in [3.8, 4) is 0 Å². The fourth-order valence-electron chi connectivity index (χ4n) is 4.03. The Morgan fingerprint density at radius 1 is 0.850 bits per heavy atom. The zero-order valence-corrected chi connectivity index (χ0v) is 23.4. The molecule has 0 aliphatic rings. The van der Waals surface area contributed by atoms with Crippen molar-refractivity contribution >= 4 is 35.2 Å². The number of rotatable bonds is 14. The Morgan fingerprint density at radius 3 is 2.02 bits per heavy atom. The predicted molar refractivity (Wildman–Crippen MR) is 157 cm³/mol. The summed E-state index contributed by atoms with van der Waals surface area (Å²) in [6, 6.07) is 23.7. The van der Waals surface area contributed by atoms with E-state index in [4.69, 9.17) is 5.21 Å². The van der Waals surface area contributed by atoms with E-state index in [1.807, 2.05) is 79.7 Å². The summed E-state index contributed by atoms with van der Waals surface area (Å²) in [4.78, 5) is 40.0. The number of hydrogen-bond donors (Lipinski definition) is 5. The second kappa shape index (κ2) is 15.7. The number of nitrogens with one attached hydrogen (secondary N) is 3. The maximum atomic E-state index is 13.6. The average molecular weight is 565 g/mol. The van der Waals surface area contributed by atoms with Gasteiger partial charge in [-0.25, -0.2) is 5.48 Å². The first kappa shape index (κ1) is 30.7. The first-order valence-corrected chi connectivity index (χ1v) is 14.1. The molecule has 0 aromatic heterocycles. The molecule has 0 saturated carbocycles. The summed E-state index contributed by atoms with van der Waals surface area (Å²) in [5.41, 5.74) is 4.33. The maximum absolute atomic E-state index is 13.6. The lowest BCUT2D eigenvalue weighted by Gasteiger charge is -2.27. The lowest BCUT2D eigenvalue weighted by Crippen LogP contribution is -2.50. The third-order valence-corrected chi connectivity index (χ3v) is 7.43. The molecule has 0 heterocycles. The predicted octanol–water partition coefficient (Wildman–Crippen LogP) is 3.46. The fraction of sp³-hybridized carbons (Fsp3) is 0.300. The summed E-state index contributed by atoms with van der Waals surface area (Å²) in [7, 11) is 3.81. The van der Waals surface area contributed by atoms with Crippen LogP contribution in [0.1, 0.15) is 46.5 Å². The standard InChI is InChI=1S/C30H36N4O5S/c1-34(2)24-17-15-23(16-18-24)29(37)31-25(20-40-19-9-14-26(35)33-39)30(38)32-27(21-10-5-3-6-11-21)28(36)22-12-7-4-8-13-22/h3-8,10-13,15-18,25,27-28,36,39H,9,14,19-20H2,1-2H3,(H,31,37)(H,32,38)(H,33,35)/t25-,27+,28-/m0/s1. The van der Waals surface area contributed by atoms with Gasteiger partial charge in [-0.1, -0.05) is 60.7 Å². The van der Waals surface area contributed by atoms with Gasteiger partial charge in [0.1, 0.15) is 12.1 Å². The summed E-state index contributed by atoms with van der Waals surface area (Å²) in [6.45, 7) is 0. The van der Waals surface area contributed by atoms with Crippen molar-refractivity contribution in [3.05, 3.63) is 102 Å². The molecule has 9 nitrogen and oxygen atoms in total. The molecule has 0 aliphatic heterocycles. The van der Waals surface area contributed by atoms with Crippen LogP contribution in [-0.2, 0) is 9.59 Å². The molecular weight excluding hydrogens is 528 g/mol. The molecule has 212 valence electrons. The van der Waals surface area contributed by atoms with E-state index < -0.39 is 35.9 Å². The van der Waals surface area contributed by atoms with Crippen molar-refractivity contribution in [2.45, 2.75) is 31.0 Å². The summed E-state index contributed by atoms with van der Waals surface area (Å²) in [5.74, 6) is -0.533. The molecule has 5 N–H and O–H groups in total. The van der Waals surface area contributed by atoms with Gasteiger partial charge < -0.3 is 20.6 Å². The lowest BCUT2D eigenvalue weighted by atomic mass is 9.95. The van der Waals surface area contributed by atoms with E-state index >= 15 is 0 Å². The van der Waals surface area contributed by atoms with Crippen LogP contribution in [0, 0.1) is 0 Å². The van der Waals surface area contributed by atoms with Gasteiger partial charge in [-0.15, -0.1) is 0 Å². The van der Waals surface area contributed by atoms with Crippen LogP contribution >= 0.6 is 11.8 Å². The van der Waals surface area contributed by atoms with E-state index in [2.05, 4.69) is 10.6 Å². The van der Waals surface area contributed by atoms with E-state index in [0.717, 1.165) is 11.3 Å². The van der Waals surface area contributed by atoms with Gasteiger partial charge >= 0.3 is 0 Å². The highest BCUT2D eigenvalue weighted by Crippen LogP contribution is 2.29. The van der Waals surface area contributed by atoms with Gasteiger partial charge in [0, 0.05) is 37.5 Å². The molecule has 3 rings (SSSR count). The average Bonchev–Trinajstić information content (AvgIpc) is 2.99. The Kier molecular flexibility index (Phi) is 12.0. The minimum Gasteiger partial charge on any atom is -0.386 e. The van der Waals surface area contributed by atoms with Crippen molar-refractivity contribution in [3.63, 3.8) is 0 Å². The summed E-state index contributed by atoms with van der Waals surface area (Å²) in [5, 5.41) is 25.7. The molecule has 3 aromatic rings. The first-order valence-electron chi connectivity index (χ1n) is 13.0. The highest BCUT2D eigenvalue weighted by Gasteiger charge is 2.29. The smallest absolute Gasteiger partial charge is 0.251 e. The Hall–Kier alpha value is -3.86. The van der Waals surface area contributed by atoms with Gasteiger partial charge in [0.25, 0.3) is 5.91 Å². The number of carbonyl (C=O) groups excluding carboxylic acids is 3. The number of aliphatic hydroxyl groups excluding tert-OH is 1. The van der Waals surface area contributed by atoms with Crippen molar-refractivity contribution < 1.29 is 24.7 Å². The maximum Gasteiger partial charge on any atom is 0.251 e. The number of carbonyl (C=O) groups is 3. The van der Waals surface area contributed by atoms with Crippen molar-refractivity contribution in [1.29, 1.82) is 0 Å². The third-order valence-electron chi connectivity index (χ3n) is 6.28. The Morgan fingerprint density at radius 2 is 1.45 bits per heavy atom. The molecule has 3 aromatic carbocycles. The van der Waals surface area contributed by atoms with Gasteiger partial charge in [-0.05, 0) is 47.6 Å². The van der Waals surface area contributed by atoms with Crippen LogP contribution in [0.4, 0.5) is 5.69 Å². The molecule has 3 amide bonds. The van der Waals surface area contributed by atoms with Crippen LogP contribution in [-0.4, -0.2) is 59.7 Å². The third kappa shape index (κ3) is 9.11. The highest BCUT2D eigenvalue weighted by atomic mass is 32.2. The number of amides is 3. The van der Waals surface area contributed by atoms with E-state index in [1.54, 1.807) is 29.7 Å². The fourth-order valence-corrected chi connectivity index (χ4v) is 5.01. The summed E-state index contributed by atoms with van der Waals surface area (Å²) >= 11 is 1.41. The van der Waals surface area contributed by atoms with Gasteiger partial charge in [-0.3, -0.25) is 19.6 Å². The minimum atomic E-state index is -1.02. The molecule has 3 atom stereocenters. The Labute approximate surface area is 238 Å². The molecule has 0 spiro atoms. The van der Waals surface area contributed by atoms with Gasteiger partial charge in [0.2, 0.25) is 11.8 Å². The molecule has 0 aliphatic carbocycles. The number of hydroxylamine groups is 1. The molecule has 0 saturated heterocycles. The molecule has 40 heavy (non-hydrogen) atoms. The Balaban J connectivity index is 1.78. The number of hydrogen-bond acceptors (Lipinski definition) is 7. The molecule has 0 bridgehead atoms. The Bertz CT molecular complexity index is 1230. The molecule has 10 heteroatoms. The van der Waals surface area contributed by atoms with Gasteiger partial charge in [-0.2, -0.15) is 11.8 Å². The van der Waals surface area contributed by atoms with Crippen molar-refractivity contribution in [1.82, 2.24) is 16.1 Å². The zero-order valence-electron chi connectivity index (χ0n) is 22.6. The topological polar surface area (TPSA) is 131 Å². The van der Waals surface area contributed by atoms with E-state index in [-0.39, 0.29) is 12.2 Å². The largest absolute Gasteiger partial charge is 0.386 e. The summed E-state index contributed by atoms with van der Waals surface area (Å²) < 4.78 is 0. The molecule has 0 radical (unpaired) electrons. The first-order chi connectivity index (χ1) is 19.3. The lowest BCUT2D eigenvalue weighted by molar-refractivity contribution is -0.129. The number of thioether (sulfide) groups is 1. The van der Waals surface area contributed by atoms with Crippen molar-refractivity contribution in [2.75, 3.05) is 30.5 Å². The van der Waals surface area contributed by atoms with Crippen LogP contribution < -0.4 is 21.0 Å². The SMILES string of the molecule is CN(C)c1ccc(C(=O)N[C@@H](CSCCCC(=O)NO)C(=O)N[C@H](c2ccccc2)[C@@H](O)c2ccccc2)cc1. The van der Waals surface area contributed by atoms with E-state index in [1.165, 1.54) is 11.8 Å². The quantitative estimate of drug-likeness (QED) is 0.115. The number of benzene rings is 3. The molecule has 0 fully saturated rings. The van der Waals surface area contributed by atoms with E-state index in [9.17, 15) is 19.5 Å². The second-order valence-electron chi connectivity index (χ2n) is 9.43. The van der Waals surface area contributed by atoms with Gasteiger partial charge in [0.15, 0.2) is 0 Å². The molecule has 0 unspecified atom stereocenters. The molecular formula is C30H36N4O5S. The van der Waals surface area contributed by atoms with Crippen LogP contribution in [0.3, 0.4) is 0 Å². The summed E-state index contributed by atoms with van der Waals surface area (Å²) in [6.07, 6.45) is -0.387. The van der Waals surface area contributed by atoms with Crippen LogP contribution in [0.5, 0.6) is 0 Å². The van der Waals surface area contributed by atoms with Crippen molar-refractivity contribution in [2.24, 2.45) is 0 Å². The van der Waals surface area contributed by atoms with Crippen LogP contribution in [0.15, 0.2) is 84.9 Å². The highest BCUT2D eigenvalue weighted by molar-refractivity contribution is 7.99. The minimum absolute atomic E-state index is 0.143. The number of aliphatic hydroxyl groups is 1. The van der Waals surface area contributed by atoms with Gasteiger partial charge in [0.05, 0.1) is 6.04 Å². The van der Waals surface area contributed by atoms with Crippen LogP contribution in [0.25, 0.3) is 0 Å². The van der Waals surface area contributed by atoms with Crippen LogP contribution in [0.2, 0.25) is 0 Å². The zero-order chi connectivity index (χ0) is 28.9. The number of anilines is 1.